The fourth-order valence-electron chi connectivity index (χ4n) is 0.123. The molecule has 0 saturated carbocycles. The van der Waals surface area contributed by atoms with E-state index in [0.29, 0.717) is 0 Å². The molecule has 0 aliphatic rings. The zero-order valence-electron chi connectivity index (χ0n) is 3.35. The van der Waals surface area contributed by atoms with Crippen molar-refractivity contribution < 1.29 is 9.90 Å². The molecular formula is C3H5BO2. The van der Waals surface area contributed by atoms with E-state index in [1.165, 1.54) is 0 Å². The molecule has 0 amide bonds. The first-order valence-corrected chi connectivity index (χ1v) is 1.69. The Morgan fingerprint density at radius 3 is 2.33 bits per heavy atom. The summed E-state index contributed by atoms with van der Waals surface area (Å²) in [5, 5.41) is 7.83. The van der Waals surface area contributed by atoms with E-state index in [1.54, 1.807) is 0 Å². The fraction of sp³-hybridized carbons (Fsp3) is 0.667. The van der Waals surface area contributed by atoms with Crippen LogP contribution in [0.3, 0.4) is 0 Å². The Kier molecular flexibility index (Phi) is 2.54. The second kappa shape index (κ2) is 2.76. The Morgan fingerprint density at radius 1 is 1.83 bits per heavy atom. The SMILES string of the molecule is [B]CCC(=O)O. The Bertz CT molecular complexity index is 52.8. The number of carboxylic acid groups (broad SMARTS) is 1. The van der Waals surface area contributed by atoms with E-state index >= 15 is 0 Å². The number of hydrogen-bond acceptors (Lipinski definition) is 1. The molecule has 0 saturated heterocycles. The number of carboxylic acids is 1. The van der Waals surface area contributed by atoms with Gasteiger partial charge in [0.2, 0.25) is 0 Å². The monoisotopic (exact) mass is 84.0 g/mol. The average Bonchev–Trinajstić information content (AvgIpc) is 1.35. The summed E-state index contributed by atoms with van der Waals surface area (Å²) >= 11 is 0. The summed E-state index contributed by atoms with van der Waals surface area (Å²) in [5.41, 5.74) is 0. The van der Waals surface area contributed by atoms with Gasteiger partial charge >= 0.3 is 5.97 Å². The molecule has 0 heterocycles. The van der Waals surface area contributed by atoms with Crippen LogP contribution in [0.25, 0.3) is 0 Å². The van der Waals surface area contributed by atoms with Crippen LogP contribution < -0.4 is 0 Å². The largest absolute Gasteiger partial charge is 0.481 e. The lowest BCUT2D eigenvalue weighted by Crippen LogP contribution is -1.91. The predicted octanol–water partition coefficient (Wildman–Crippen LogP) is 0.0479. The van der Waals surface area contributed by atoms with Crippen LogP contribution in [0.2, 0.25) is 6.32 Å². The van der Waals surface area contributed by atoms with E-state index in [1.807, 2.05) is 0 Å². The smallest absolute Gasteiger partial charge is 0.302 e. The molecule has 0 aromatic rings. The Hall–Kier alpha value is -0.465. The molecule has 32 valence electrons. The second-order valence-corrected chi connectivity index (χ2v) is 0.932. The molecule has 0 rings (SSSR count). The maximum Gasteiger partial charge on any atom is 0.302 e. The van der Waals surface area contributed by atoms with Crippen molar-refractivity contribution >= 4 is 13.8 Å². The number of carbonyl (C=O) groups is 1. The molecule has 2 radical (unpaired) electrons. The maximum atomic E-state index is 9.52. The van der Waals surface area contributed by atoms with Gasteiger partial charge in [-0.1, -0.05) is 6.32 Å². The van der Waals surface area contributed by atoms with Crippen LogP contribution in [0.1, 0.15) is 6.42 Å². The third kappa shape index (κ3) is 3.53. The maximum absolute atomic E-state index is 9.52. The van der Waals surface area contributed by atoms with Gasteiger partial charge < -0.3 is 5.11 Å². The lowest BCUT2D eigenvalue weighted by molar-refractivity contribution is -0.136. The highest BCUT2D eigenvalue weighted by Crippen LogP contribution is 1.79. The molecule has 3 heteroatoms. The van der Waals surface area contributed by atoms with Gasteiger partial charge in [0.25, 0.3) is 0 Å². The van der Waals surface area contributed by atoms with Gasteiger partial charge in [0, 0.05) is 6.42 Å². The Labute approximate surface area is 37.6 Å². The van der Waals surface area contributed by atoms with Crippen molar-refractivity contribution in [2.45, 2.75) is 12.7 Å². The molecule has 0 aromatic carbocycles. The minimum atomic E-state index is -0.836. The molecular weight excluding hydrogens is 78.8 g/mol. The van der Waals surface area contributed by atoms with Crippen LogP contribution in [0.15, 0.2) is 0 Å². The molecule has 2 nitrogen and oxygen atoms in total. The summed E-state index contributed by atoms with van der Waals surface area (Å²) in [6, 6.07) is 0. The zero-order chi connectivity index (χ0) is 4.99. The van der Waals surface area contributed by atoms with Crippen molar-refractivity contribution in [1.29, 1.82) is 0 Å². The highest BCUT2D eigenvalue weighted by molar-refractivity contribution is 6.09. The summed E-state index contributed by atoms with van der Waals surface area (Å²) in [7, 11) is 4.85. The quantitative estimate of drug-likeness (QED) is 0.480. The average molecular weight is 83.9 g/mol. The zero-order valence-corrected chi connectivity index (χ0v) is 3.35. The van der Waals surface area contributed by atoms with Crippen molar-refractivity contribution in [3.8, 4) is 0 Å². The van der Waals surface area contributed by atoms with Gasteiger partial charge in [0.05, 0.1) is 7.85 Å². The highest BCUT2D eigenvalue weighted by atomic mass is 16.4. The number of aliphatic carboxylic acids is 1. The van der Waals surface area contributed by atoms with E-state index in [0.717, 1.165) is 0 Å². The van der Waals surface area contributed by atoms with E-state index in [9.17, 15) is 4.79 Å². The van der Waals surface area contributed by atoms with E-state index in [4.69, 9.17) is 13.0 Å². The van der Waals surface area contributed by atoms with Crippen LogP contribution in [0, 0.1) is 0 Å². The lowest BCUT2D eigenvalue weighted by atomic mass is 10.0. The minimum Gasteiger partial charge on any atom is -0.481 e. The molecule has 0 unspecified atom stereocenters. The molecule has 0 atom stereocenters. The summed E-state index contributed by atoms with van der Waals surface area (Å²) in [4.78, 5) is 9.52. The molecule has 0 spiro atoms. The summed E-state index contributed by atoms with van der Waals surface area (Å²) in [6.45, 7) is 0. The first kappa shape index (κ1) is 5.53. The lowest BCUT2D eigenvalue weighted by Gasteiger charge is -1.79. The summed E-state index contributed by atoms with van der Waals surface area (Å²) < 4.78 is 0. The fourth-order valence-corrected chi connectivity index (χ4v) is 0.123. The summed E-state index contributed by atoms with van der Waals surface area (Å²) in [6.07, 6.45) is 0.301. The molecule has 0 fully saturated rings. The molecule has 0 bridgehead atoms. The van der Waals surface area contributed by atoms with Crippen molar-refractivity contribution in [3.05, 3.63) is 0 Å². The Balaban J connectivity index is 2.83. The van der Waals surface area contributed by atoms with Crippen molar-refractivity contribution in [2.75, 3.05) is 0 Å². The standard InChI is InChI=1S/C3H5BO2/c4-2-1-3(5)6/h1-2H2,(H,5,6). The Morgan fingerprint density at radius 2 is 2.33 bits per heavy atom. The second-order valence-electron chi connectivity index (χ2n) is 0.932. The van der Waals surface area contributed by atoms with Crippen molar-refractivity contribution in [1.82, 2.24) is 0 Å². The van der Waals surface area contributed by atoms with Crippen LogP contribution in [-0.2, 0) is 4.79 Å². The molecule has 6 heavy (non-hydrogen) atoms. The number of rotatable bonds is 2. The van der Waals surface area contributed by atoms with E-state index in [-0.39, 0.29) is 12.7 Å². The van der Waals surface area contributed by atoms with Gasteiger partial charge in [0.15, 0.2) is 0 Å². The third-order valence-corrected chi connectivity index (χ3v) is 0.358. The molecule has 0 aromatic heterocycles. The van der Waals surface area contributed by atoms with E-state index in [2.05, 4.69) is 0 Å². The van der Waals surface area contributed by atoms with Gasteiger partial charge in [-0.25, -0.2) is 0 Å². The molecule has 1 N–H and O–H groups in total. The molecule has 0 aliphatic heterocycles. The van der Waals surface area contributed by atoms with Crippen LogP contribution in [0.5, 0.6) is 0 Å². The first-order chi connectivity index (χ1) is 2.77. The van der Waals surface area contributed by atoms with Crippen LogP contribution in [-0.4, -0.2) is 18.9 Å². The predicted molar refractivity (Wildman–Crippen MR) is 22.8 cm³/mol. The number of hydrogen-bond donors (Lipinski definition) is 1. The van der Waals surface area contributed by atoms with Crippen molar-refractivity contribution in [2.24, 2.45) is 0 Å². The third-order valence-electron chi connectivity index (χ3n) is 0.358. The van der Waals surface area contributed by atoms with Crippen LogP contribution >= 0.6 is 0 Å². The highest BCUT2D eigenvalue weighted by Gasteiger charge is 1.87. The van der Waals surface area contributed by atoms with Gasteiger partial charge in [-0.15, -0.1) is 0 Å². The first-order valence-electron chi connectivity index (χ1n) is 1.69. The normalized spacial score (nSPS) is 8.00. The summed E-state index contributed by atoms with van der Waals surface area (Å²) in [5.74, 6) is -0.836. The molecule has 0 aliphatic carbocycles. The topological polar surface area (TPSA) is 37.3 Å². The van der Waals surface area contributed by atoms with Gasteiger partial charge in [-0.3, -0.25) is 4.79 Å². The van der Waals surface area contributed by atoms with Gasteiger partial charge in [-0.2, -0.15) is 0 Å². The van der Waals surface area contributed by atoms with Gasteiger partial charge in [-0.05, 0) is 0 Å². The van der Waals surface area contributed by atoms with E-state index < -0.39 is 5.97 Å². The minimum absolute atomic E-state index is 0.0694. The van der Waals surface area contributed by atoms with Crippen LogP contribution in [0.4, 0.5) is 0 Å². The van der Waals surface area contributed by atoms with Crippen molar-refractivity contribution in [3.63, 3.8) is 0 Å². The van der Waals surface area contributed by atoms with Gasteiger partial charge in [0.1, 0.15) is 0 Å².